The van der Waals surface area contributed by atoms with Crippen LogP contribution in [-0.4, -0.2) is 33.3 Å². The van der Waals surface area contributed by atoms with Crippen LogP contribution in [0.15, 0.2) is 12.4 Å². The van der Waals surface area contributed by atoms with E-state index in [1.807, 2.05) is 24.0 Å². The molecule has 0 aromatic carbocycles. The van der Waals surface area contributed by atoms with Crippen molar-refractivity contribution in [1.29, 1.82) is 0 Å². The zero-order chi connectivity index (χ0) is 12.0. The van der Waals surface area contributed by atoms with Crippen LogP contribution in [-0.2, 0) is 13.5 Å². The summed E-state index contributed by atoms with van der Waals surface area (Å²) in [5.74, 6) is 1.08. The topological polar surface area (TPSA) is 50.1 Å². The van der Waals surface area contributed by atoms with E-state index in [4.69, 9.17) is 0 Å². The zero-order valence-corrected chi connectivity index (χ0v) is 10.5. The fourth-order valence-electron chi connectivity index (χ4n) is 1.86. The Morgan fingerprint density at radius 3 is 2.56 bits per heavy atom. The number of aliphatic hydroxyl groups is 1. The van der Waals surface area contributed by atoms with Crippen molar-refractivity contribution in [1.82, 2.24) is 14.9 Å². The molecular formula is C12H23N3O. The quantitative estimate of drug-likeness (QED) is 0.730. The molecule has 16 heavy (non-hydrogen) atoms. The minimum absolute atomic E-state index is 0.120. The van der Waals surface area contributed by atoms with Crippen LogP contribution in [0.3, 0.4) is 0 Å². The fourth-order valence-corrected chi connectivity index (χ4v) is 1.86. The number of rotatable bonds is 7. The van der Waals surface area contributed by atoms with Crippen LogP contribution in [0.25, 0.3) is 0 Å². The molecule has 0 radical (unpaired) electrons. The van der Waals surface area contributed by atoms with Crippen molar-refractivity contribution < 1.29 is 5.11 Å². The molecule has 1 heterocycles. The maximum absolute atomic E-state index is 9.40. The van der Waals surface area contributed by atoms with Crippen LogP contribution in [0.5, 0.6) is 0 Å². The third kappa shape index (κ3) is 3.06. The number of aryl methyl sites for hydroxylation is 1. The molecular weight excluding hydrogens is 202 g/mol. The van der Waals surface area contributed by atoms with E-state index in [1.165, 1.54) is 0 Å². The van der Waals surface area contributed by atoms with Gasteiger partial charge in [-0.15, -0.1) is 0 Å². The third-order valence-corrected chi connectivity index (χ3v) is 3.43. The standard InChI is InChI=1S/C12H23N3O/c1-4-12(5-2,10-16)14-7-6-11-13-8-9-15(11)3/h8-9,14,16H,4-7,10H2,1-3H3. The van der Waals surface area contributed by atoms with Crippen LogP contribution in [0, 0.1) is 0 Å². The second kappa shape index (κ2) is 6.01. The fraction of sp³-hybridized carbons (Fsp3) is 0.750. The van der Waals surface area contributed by atoms with Crippen LogP contribution in [0.2, 0.25) is 0 Å². The van der Waals surface area contributed by atoms with Crippen molar-refractivity contribution in [2.24, 2.45) is 7.05 Å². The molecule has 2 N–H and O–H groups in total. The van der Waals surface area contributed by atoms with Crippen molar-refractivity contribution in [2.75, 3.05) is 13.2 Å². The summed E-state index contributed by atoms with van der Waals surface area (Å²) in [6.07, 6.45) is 6.55. The van der Waals surface area contributed by atoms with Crippen molar-refractivity contribution >= 4 is 0 Å². The Morgan fingerprint density at radius 2 is 2.12 bits per heavy atom. The van der Waals surface area contributed by atoms with Gasteiger partial charge in [0.25, 0.3) is 0 Å². The molecule has 1 aromatic heterocycles. The maximum atomic E-state index is 9.40. The van der Waals surface area contributed by atoms with Gasteiger partial charge >= 0.3 is 0 Å². The van der Waals surface area contributed by atoms with Gasteiger partial charge in [-0.25, -0.2) is 4.98 Å². The van der Waals surface area contributed by atoms with Gasteiger partial charge in [0.15, 0.2) is 0 Å². The van der Waals surface area contributed by atoms with E-state index >= 15 is 0 Å². The predicted octanol–water partition coefficient (Wildman–Crippen LogP) is 1.10. The molecule has 0 amide bonds. The summed E-state index contributed by atoms with van der Waals surface area (Å²) >= 11 is 0. The first-order valence-corrected chi connectivity index (χ1v) is 5.99. The lowest BCUT2D eigenvalue weighted by Crippen LogP contribution is -2.48. The summed E-state index contributed by atoms with van der Waals surface area (Å²) in [5, 5.41) is 12.8. The van der Waals surface area contributed by atoms with Gasteiger partial charge < -0.3 is 15.0 Å². The monoisotopic (exact) mass is 225 g/mol. The lowest BCUT2D eigenvalue weighted by Gasteiger charge is -2.30. The zero-order valence-electron chi connectivity index (χ0n) is 10.5. The van der Waals surface area contributed by atoms with E-state index in [2.05, 4.69) is 24.1 Å². The summed E-state index contributed by atoms with van der Waals surface area (Å²) in [6, 6.07) is 0. The lowest BCUT2D eigenvalue weighted by molar-refractivity contribution is 0.151. The highest BCUT2D eigenvalue weighted by Gasteiger charge is 2.23. The third-order valence-electron chi connectivity index (χ3n) is 3.43. The molecule has 0 aliphatic rings. The van der Waals surface area contributed by atoms with Gasteiger partial charge in [-0.05, 0) is 12.8 Å². The molecule has 0 aliphatic heterocycles. The first kappa shape index (κ1) is 13.2. The highest BCUT2D eigenvalue weighted by molar-refractivity contribution is 4.93. The Balaban J connectivity index is 2.42. The summed E-state index contributed by atoms with van der Waals surface area (Å²) in [6.45, 7) is 5.26. The van der Waals surface area contributed by atoms with E-state index in [1.54, 1.807) is 0 Å². The van der Waals surface area contributed by atoms with E-state index < -0.39 is 0 Å². The molecule has 4 heteroatoms. The molecule has 0 fully saturated rings. The van der Waals surface area contributed by atoms with Gasteiger partial charge in [0.05, 0.1) is 6.61 Å². The molecule has 92 valence electrons. The van der Waals surface area contributed by atoms with E-state index in [-0.39, 0.29) is 12.1 Å². The van der Waals surface area contributed by atoms with Crippen LogP contribution >= 0.6 is 0 Å². The number of imidazole rings is 1. The van der Waals surface area contributed by atoms with Crippen LogP contribution in [0.1, 0.15) is 32.5 Å². The predicted molar refractivity (Wildman–Crippen MR) is 65.3 cm³/mol. The number of nitrogens with one attached hydrogen (secondary N) is 1. The molecule has 0 saturated carbocycles. The molecule has 4 nitrogen and oxygen atoms in total. The summed E-state index contributed by atoms with van der Waals surface area (Å²) < 4.78 is 2.03. The largest absolute Gasteiger partial charge is 0.394 e. The molecule has 0 bridgehead atoms. The first-order valence-electron chi connectivity index (χ1n) is 5.99. The summed E-state index contributed by atoms with van der Waals surface area (Å²) in [7, 11) is 2.00. The molecule has 0 atom stereocenters. The Morgan fingerprint density at radius 1 is 1.44 bits per heavy atom. The van der Waals surface area contributed by atoms with E-state index in [0.717, 1.165) is 31.6 Å². The lowest BCUT2D eigenvalue weighted by atomic mass is 9.94. The molecule has 1 rings (SSSR count). The molecule has 0 unspecified atom stereocenters. The second-order valence-electron chi connectivity index (χ2n) is 4.28. The normalized spacial score (nSPS) is 12.0. The minimum atomic E-state index is -0.120. The Bertz CT molecular complexity index is 297. The Kier molecular flexibility index (Phi) is 4.96. The first-order chi connectivity index (χ1) is 7.67. The van der Waals surface area contributed by atoms with Crippen LogP contribution < -0.4 is 5.32 Å². The summed E-state index contributed by atoms with van der Waals surface area (Å²) in [5.41, 5.74) is -0.120. The summed E-state index contributed by atoms with van der Waals surface area (Å²) in [4.78, 5) is 4.27. The minimum Gasteiger partial charge on any atom is -0.394 e. The van der Waals surface area contributed by atoms with E-state index in [0.29, 0.717) is 0 Å². The number of hydrogen-bond acceptors (Lipinski definition) is 3. The molecule has 0 saturated heterocycles. The number of aromatic nitrogens is 2. The highest BCUT2D eigenvalue weighted by atomic mass is 16.3. The Labute approximate surface area is 97.7 Å². The van der Waals surface area contributed by atoms with Gasteiger partial charge in [0, 0.05) is 37.9 Å². The SMILES string of the molecule is CCC(CC)(CO)NCCc1nccn1C. The van der Waals surface area contributed by atoms with Gasteiger partial charge in [-0.1, -0.05) is 13.8 Å². The van der Waals surface area contributed by atoms with Crippen molar-refractivity contribution in [3.8, 4) is 0 Å². The van der Waals surface area contributed by atoms with Gasteiger partial charge in [0.1, 0.15) is 5.82 Å². The number of nitrogens with zero attached hydrogens (tertiary/aromatic N) is 2. The van der Waals surface area contributed by atoms with Gasteiger partial charge in [-0.3, -0.25) is 0 Å². The maximum Gasteiger partial charge on any atom is 0.109 e. The molecule has 0 aliphatic carbocycles. The van der Waals surface area contributed by atoms with Crippen molar-refractivity contribution in [3.05, 3.63) is 18.2 Å². The molecule has 1 aromatic rings. The smallest absolute Gasteiger partial charge is 0.109 e. The van der Waals surface area contributed by atoms with Gasteiger partial charge in [0.2, 0.25) is 0 Å². The number of hydrogen-bond donors (Lipinski definition) is 2. The average molecular weight is 225 g/mol. The number of aliphatic hydroxyl groups excluding tert-OH is 1. The van der Waals surface area contributed by atoms with Crippen molar-refractivity contribution in [2.45, 2.75) is 38.6 Å². The van der Waals surface area contributed by atoms with Gasteiger partial charge in [-0.2, -0.15) is 0 Å². The van der Waals surface area contributed by atoms with Crippen LogP contribution in [0.4, 0.5) is 0 Å². The second-order valence-corrected chi connectivity index (χ2v) is 4.28. The molecule has 0 spiro atoms. The highest BCUT2D eigenvalue weighted by Crippen LogP contribution is 2.13. The van der Waals surface area contributed by atoms with E-state index in [9.17, 15) is 5.11 Å². The Hall–Kier alpha value is -0.870. The van der Waals surface area contributed by atoms with Crippen molar-refractivity contribution in [3.63, 3.8) is 0 Å². The average Bonchev–Trinajstić information content (AvgIpc) is 2.71.